The second kappa shape index (κ2) is 12.6. The molecule has 2 heterocycles. The molecule has 0 aliphatic rings. The number of hydrogen-bond donors (Lipinski definition) is 0. The normalized spacial score (nSPS) is 10.9. The number of methoxy groups -OCH3 is 4. The fourth-order valence-electron chi connectivity index (χ4n) is 4.21. The molecule has 0 aliphatic heterocycles. The van der Waals surface area contributed by atoms with Crippen molar-refractivity contribution in [2.24, 2.45) is 0 Å². The smallest absolute Gasteiger partial charge is 0.257 e. The average molecular weight is 576 g/mol. The second-order valence-electron chi connectivity index (χ2n) is 8.86. The number of hydrogen-bond acceptors (Lipinski definition) is 10. The quantitative estimate of drug-likeness (QED) is 0.189. The van der Waals surface area contributed by atoms with Gasteiger partial charge in [0.2, 0.25) is 11.7 Å². The second-order valence-corrected chi connectivity index (χ2v) is 9.78. The SMILES string of the molecule is COc1ccc(CN(C(=O)Cn2cc(CSc3nc4ccccc4o3)nn2)c2cc(OC)c(OC)c(OC)c2)cc1. The van der Waals surface area contributed by atoms with Gasteiger partial charge in [-0.3, -0.25) is 4.79 Å². The van der Waals surface area contributed by atoms with E-state index in [0.717, 1.165) is 22.4 Å². The molecule has 0 spiro atoms. The summed E-state index contributed by atoms with van der Waals surface area (Å²) in [5.41, 5.74) is 3.70. The van der Waals surface area contributed by atoms with Crippen molar-refractivity contribution in [3.8, 4) is 23.0 Å². The zero-order chi connectivity index (χ0) is 28.8. The molecule has 12 heteroatoms. The van der Waals surface area contributed by atoms with Crippen LogP contribution in [0.1, 0.15) is 11.3 Å². The van der Waals surface area contributed by atoms with Gasteiger partial charge in [-0.1, -0.05) is 41.2 Å². The first-order valence-electron chi connectivity index (χ1n) is 12.6. The van der Waals surface area contributed by atoms with Gasteiger partial charge in [0, 0.05) is 24.1 Å². The molecule has 0 atom stereocenters. The standard InChI is InChI=1S/C29H29N5O6S/c1-36-22-11-9-19(10-12-22)15-34(21-13-25(37-2)28(39-4)26(14-21)38-3)27(35)17-33-16-20(31-32-33)18-41-29-30-23-7-5-6-8-24(23)40-29/h5-14,16H,15,17-18H2,1-4H3. The third-order valence-electron chi connectivity index (χ3n) is 6.26. The Labute approximate surface area is 241 Å². The van der Waals surface area contributed by atoms with Gasteiger partial charge in [-0.05, 0) is 29.8 Å². The van der Waals surface area contributed by atoms with Gasteiger partial charge in [0.05, 0.1) is 46.4 Å². The first kappa shape index (κ1) is 27.8. The summed E-state index contributed by atoms with van der Waals surface area (Å²) in [6.07, 6.45) is 1.74. The maximum atomic E-state index is 13.8. The van der Waals surface area contributed by atoms with Crippen LogP contribution in [0.15, 0.2) is 76.5 Å². The summed E-state index contributed by atoms with van der Waals surface area (Å²) in [4.78, 5) is 19.9. The van der Waals surface area contributed by atoms with E-state index in [1.54, 1.807) is 30.3 Å². The van der Waals surface area contributed by atoms with E-state index >= 15 is 0 Å². The number of amides is 1. The fourth-order valence-corrected chi connectivity index (χ4v) is 4.93. The Hall–Kier alpha value is -4.71. The molecule has 5 aromatic rings. The summed E-state index contributed by atoms with van der Waals surface area (Å²) in [5.74, 6) is 2.32. The summed E-state index contributed by atoms with van der Waals surface area (Å²) in [7, 11) is 6.21. The molecule has 0 bridgehead atoms. The highest BCUT2D eigenvalue weighted by Gasteiger charge is 2.22. The van der Waals surface area contributed by atoms with Crippen molar-refractivity contribution in [3.63, 3.8) is 0 Å². The highest BCUT2D eigenvalue weighted by molar-refractivity contribution is 7.98. The van der Waals surface area contributed by atoms with E-state index in [-0.39, 0.29) is 19.0 Å². The van der Waals surface area contributed by atoms with Crippen LogP contribution in [0.5, 0.6) is 23.0 Å². The molecule has 3 aromatic carbocycles. The van der Waals surface area contributed by atoms with Gasteiger partial charge in [-0.2, -0.15) is 0 Å². The largest absolute Gasteiger partial charge is 0.497 e. The van der Waals surface area contributed by atoms with E-state index in [2.05, 4.69) is 15.3 Å². The number of rotatable bonds is 12. The molecule has 0 saturated heterocycles. The predicted molar refractivity (Wildman–Crippen MR) is 154 cm³/mol. The van der Waals surface area contributed by atoms with E-state index in [1.165, 1.54) is 37.8 Å². The molecule has 41 heavy (non-hydrogen) atoms. The third-order valence-corrected chi connectivity index (χ3v) is 7.12. The van der Waals surface area contributed by atoms with Crippen LogP contribution in [0.4, 0.5) is 5.69 Å². The first-order valence-corrected chi connectivity index (χ1v) is 13.6. The van der Waals surface area contributed by atoms with Gasteiger partial charge in [0.15, 0.2) is 17.1 Å². The van der Waals surface area contributed by atoms with Gasteiger partial charge in [-0.15, -0.1) is 5.10 Å². The zero-order valence-corrected chi connectivity index (χ0v) is 23.9. The Balaban J connectivity index is 1.36. The molecular weight excluding hydrogens is 546 g/mol. The van der Waals surface area contributed by atoms with E-state index in [1.807, 2.05) is 48.5 Å². The number of anilines is 1. The van der Waals surface area contributed by atoms with Crippen LogP contribution in [0, 0.1) is 0 Å². The molecule has 212 valence electrons. The van der Waals surface area contributed by atoms with Crippen LogP contribution < -0.4 is 23.8 Å². The third kappa shape index (κ3) is 6.38. The zero-order valence-electron chi connectivity index (χ0n) is 23.1. The van der Waals surface area contributed by atoms with Crippen molar-refractivity contribution in [1.29, 1.82) is 0 Å². The van der Waals surface area contributed by atoms with E-state index in [4.69, 9.17) is 23.4 Å². The molecule has 2 aromatic heterocycles. The van der Waals surface area contributed by atoms with E-state index < -0.39 is 0 Å². The van der Waals surface area contributed by atoms with Gasteiger partial charge in [0.1, 0.15) is 17.8 Å². The number of carbonyl (C=O) groups is 1. The average Bonchev–Trinajstić information content (AvgIpc) is 3.64. The van der Waals surface area contributed by atoms with Gasteiger partial charge in [-0.25, -0.2) is 9.67 Å². The summed E-state index contributed by atoms with van der Waals surface area (Å²) in [5, 5.41) is 8.96. The number of ether oxygens (including phenoxy) is 4. The number of thioether (sulfide) groups is 1. The summed E-state index contributed by atoms with van der Waals surface area (Å²) in [6.45, 7) is 0.254. The minimum Gasteiger partial charge on any atom is -0.497 e. The molecule has 0 radical (unpaired) electrons. The van der Waals surface area contributed by atoms with Crippen molar-refractivity contribution in [2.75, 3.05) is 33.3 Å². The Morgan fingerprint density at radius 3 is 2.34 bits per heavy atom. The van der Waals surface area contributed by atoms with E-state index in [0.29, 0.717) is 39.6 Å². The Bertz CT molecular complexity index is 1580. The van der Waals surface area contributed by atoms with Crippen LogP contribution in [-0.4, -0.2) is 54.3 Å². The molecule has 11 nitrogen and oxygen atoms in total. The van der Waals surface area contributed by atoms with Gasteiger partial charge in [0.25, 0.3) is 5.22 Å². The lowest BCUT2D eigenvalue weighted by Crippen LogP contribution is -2.33. The van der Waals surface area contributed by atoms with Crippen LogP contribution in [0.3, 0.4) is 0 Å². The van der Waals surface area contributed by atoms with Crippen LogP contribution in [0.25, 0.3) is 11.1 Å². The highest BCUT2D eigenvalue weighted by atomic mass is 32.2. The molecule has 5 rings (SSSR count). The number of fused-ring (bicyclic) bond motifs is 1. The summed E-state index contributed by atoms with van der Waals surface area (Å²) < 4.78 is 29.1. The van der Waals surface area contributed by atoms with Crippen molar-refractivity contribution in [1.82, 2.24) is 20.0 Å². The molecule has 0 unspecified atom stereocenters. The molecule has 0 saturated carbocycles. The fraction of sp³-hybridized carbons (Fsp3) is 0.241. The van der Waals surface area contributed by atoms with Crippen molar-refractivity contribution in [2.45, 2.75) is 24.1 Å². The number of para-hydroxylation sites is 2. The maximum Gasteiger partial charge on any atom is 0.257 e. The maximum absolute atomic E-state index is 13.8. The van der Waals surface area contributed by atoms with Crippen LogP contribution in [-0.2, 0) is 23.6 Å². The number of aromatic nitrogens is 4. The summed E-state index contributed by atoms with van der Waals surface area (Å²) >= 11 is 1.41. The predicted octanol–water partition coefficient (Wildman–Crippen LogP) is 4.98. The lowest BCUT2D eigenvalue weighted by atomic mass is 10.1. The Morgan fingerprint density at radius 2 is 1.68 bits per heavy atom. The Morgan fingerprint density at radius 1 is 0.951 bits per heavy atom. The van der Waals surface area contributed by atoms with Gasteiger partial charge < -0.3 is 28.3 Å². The molecule has 0 N–H and O–H groups in total. The highest BCUT2D eigenvalue weighted by Crippen LogP contribution is 2.41. The van der Waals surface area contributed by atoms with Crippen molar-refractivity contribution < 1.29 is 28.2 Å². The van der Waals surface area contributed by atoms with Crippen LogP contribution in [0.2, 0.25) is 0 Å². The molecule has 1 amide bonds. The number of nitrogens with zero attached hydrogens (tertiary/aromatic N) is 5. The molecule has 0 fully saturated rings. The first-order chi connectivity index (χ1) is 20.0. The van der Waals surface area contributed by atoms with Crippen LogP contribution >= 0.6 is 11.8 Å². The van der Waals surface area contributed by atoms with Crippen molar-refractivity contribution in [3.05, 3.63) is 78.1 Å². The lowest BCUT2D eigenvalue weighted by Gasteiger charge is -2.25. The van der Waals surface area contributed by atoms with Gasteiger partial charge >= 0.3 is 0 Å². The molecule has 0 aliphatic carbocycles. The number of benzene rings is 3. The minimum atomic E-state index is -0.210. The number of carbonyl (C=O) groups excluding carboxylic acids is 1. The monoisotopic (exact) mass is 575 g/mol. The lowest BCUT2D eigenvalue weighted by molar-refractivity contribution is -0.119. The molecular formula is C29H29N5O6S. The topological polar surface area (TPSA) is 114 Å². The minimum absolute atomic E-state index is 0.0344. The van der Waals surface area contributed by atoms with Crippen molar-refractivity contribution >= 4 is 34.5 Å². The Kier molecular flexibility index (Phi) is 8.59. The van der Waals surface area contributed by atoms with E-state index in [9.17, 15) is 4.79 Å². The number of oxazole rings is 1. The summed E-state index contributed by atoms with van der Waals surface area (Å²) in [6, 6.07) is 18.6.